The first-order valence-corrected chi connectivity index (χ1v) is 9.27. The van der Waals surface area contributed by atoms with Crippen molar-refractivity contribution in [3.8, 4) is 0 Å². The van der Waals surface area contributed by atoms with Crippen LogP contribution in [-0.4, -0.2) is 34.5 Å². The van der Waals surface area contributed by atoms with Gasteiger partial charge in [0.05, 0.1) is 0 Å². The molecule has 1 N–H and O–H groups in total. The minimum absolute atomic E-state index is 1.07. The highest BCUT2D eigenvalue weighted by molar-refractivity contribution is 5.92. The van der Waals surface area contributed by atoms with E-state index in [2.05, 4.69) is 63.5 Å². The summed E-state index contributed by atoms with van der Waals surface area (Å²) in [6, 6.07) is 12.8. The third kappa shape index (κ3) is 3.83. The molecule has 25 heavy (non-hydrogen) atoms. The van der Waals surface area contributed by atoms with E-state index in [9.17, 15) is 0 Å². The lowest BCUT2D eigenvalue weighted by Gasteiger charge is -2.26. The van der Waals surface area contributed by atoms with Crippen LogP contribution >= 0.6 is 0 Å². The average Bonchev–Trinajstić information content (AvgIpc) is 3.11. The molecular formula is C22H25N3. The smallest absolute Gasteiger partial charge is 0.0460 e. The summed E-state index contributed by atoms with van der Waals surface area (Å²) < 4.78 is 0. The molecule has 0 saturated carbocycles. The summed E-state index contributed by atoms with van der Waals surface area (Å²) in [4.78, 5) is 10.0. The maximum Gasteiger partial charge on any atom is 0.0460 e. The predicted molar refractivity (Wildman–Crippen MR) is 105 cm³/mol. The number of nitrogens with zero attached hydrogens (tertiary/aromatic N) is 2. The molecule has 0 aliphatic carbocycles. The van der Waals surface area contributed by atoms with Gasteiger partial charge in [0.2, 0.25) is 0 Å². The zero-order valence-corrected chi connectivity index (χ0v) is 14.6. The van der Waals surface area contributed by atoms with Crippen LogP contribution in [0.25, 0.3) is 16.5 Å². The van der Waals surface area contributed by atoms with Crippen LogP contribution in [-0.2, 0) is 6.42 Å². The van der Waals surface area contributed by atoms with Gasteiger partial charge in [0.25, 0.3) is 0 Å². The van der Waals surface area contributed by atoms with Crippen LogP contribution in [0.4, 0.5) is 0 Å². The van der Waals surface area contributed by atoms with Crippen molar-refractivity contribution in [2.24, 2.45) is 0 Å². The van der Waals surface area contributed by atoms with Crippen LogP contribution in [0.15, 0.2) is 61.1 Å². The predicted octanol–water partition coefficient (Wildman–Crippen LogP) is 4.67. The highest BCUT2D eigenvalue weighted by Gasteiger charge is 2.15. The van der Waals surface area contributed by atoms with Gasteiger partial charge in [0, 0.05) is 48.1 Å². The fraction of sp³-hybridized carbons (Fsp3) is 0.318. The van der Waals surface area contributed by atoms with E-state index in [1.807, 2.05) is 12.4 Å². The molecule has 0 saturated heterocycles. The fourth-order valence-electron chi connectivity index (χ4n) is 3.71. The molecule has 1 aromatic carbocycles. The van der Waals surface area contributed by atoms with Gasteiger partial charge < -0.3 is 4.98 Å². The van der Waals surface area contributed by atoms with Gasteiger partial charge in [-0.3, -0.25) is 9.88 Å². The molecule has 128 valence electrons. The number of unbranched alkanes of at least 4 members (excludes halogenated alkanes) is 1. The zero-order valence-electron chi connectivity index (χ0n) is 14.6. The van der Waals surface area contributed by atoms with Crippen molar-refractivity contribution >= 4 is 16.5 Å². The molecule has 1 aliphatic rings. The van der Waals surface area contributed by atoms with Gasteiger partial charge in [0.1, 0.15) is 0 Å². The molecule has 3 heteroatoms. The Morgan fingerprint density at radius 3 is 2.76 bits per heavy atom. The second-order valence-electron chi connectivity index (χ2n) is 6.84. The van der Waals surface area contributed by atoms with Crippen molar-refractivity contribution in [2.45, 2.75) is 25.7 Å². The number of hydrogen-bond donors (Lipinski definition) is 1. The number of nitrogens with one attached hydrogen (secondary N) is 1. The van der Waals surface area contributed by atoms with E-state index in [1.54, 1.807) is 0 Å². The first-order valence-electron chi connectivity index (χ1n) is 9.27. The minimum atomic E-state index is 1.07. The van der Waals surface area contributed by atoms with Crippen LogP contribution in [0.2, 0.25) is 0 Å². The lowest BCUT2D eigenvalue weighted by Crippen LogP contribution is -2.29. The van der Waals surface area contributed by atoms with Crippen molar-refractivity contribution in [2.75, 3.05) is 19.6 Å². The van der Waals surface area contributed by atoms with E-state index in [-0.39, 0.29) is 0 Å². The molecule has 1 aliphatic heterocycles. The average molecular weight is 331 g/mol. The second kappa shape index (κ2) is 7.66. The first kappa shape index (κ1) is 16.1. The standard InChI is InChI=1S/C22H25N3/c1-2-7-22-20(6-1)21(17-24-22)19-10-15-25(16-11-19)14-4-3-5-18-8-12-23-13-9-18/h1-2,6-10,12-13,17,24H,3-5,11,14-16H2. The summed E-state index contributed by atoms with van der Waals surface area (Å²) in [6.45, 7) is 3.44. The molecule has 3 aromatic rings. The monoisotopic (exact) mass is 331 g/mol. The molecule has 0 bridgehead atoms. The van der Waals surface area contributed by atoms with Crippen molar-refractivity contribution in [1.29, 1.82) is 0 Å². The molecule has 0 amide bonds. The van der Waals surface area contributed by atoms with Gasteiger partial charge in [-0.05, 0) is 61.6 Å². The molecule has 0 fully saturated rings. The molecule has 0 radical (unpaired) electrons. The molecule has 4 rings (SSSR count). The van der Waals surface area contributed by atoms with E-state index in [0.717, 1.165) is 19.4 Å². The van der Waals surface area contributed by atoms with Crippen LogP contribution in [0.3, 0.4) is 0 Å². The number of fused-ring (bicyclic) bond motifs is 1. The summed E-state index contributed by atoms with van der Waals surface area (Å²) >= 11 is 0. The Morgan fingerprint density at radius 2 is 1.92 bits per heavy atom. The molecule has 3 nitrogen and oxygen atoms in total. The van der Waals surface area contributed by atoms with Crippen LogP contribution < -0.4 is 0 Å². The summed E-state index contributed by atoms with van der Waals surface area (Å²) in [5, 5.41) is 1.35. The normalized spacial score (nSPS) is 15.4. The van der Waals surface area contributed by atoms with E-state index in [1.165, 1.54) is 53.5 Å². The summed E-state index contributed by atoms with van der Waals surface area (Å²) in [6.07, 6.45) is 13.2. The number of pyridine rings is 1. The van der Waals surface area contributed by atoms with E-state index in [4.69, 9.17) is 0 Å². The minimum Gasteiger partial charge on any atom is -0.361 e. The highest BCUT2D eigenvalue weighted by Crippen LogP contribution is 2.29. The molecule has 3 heterocycles. The third-order valence-corrected chi connectivity index (χ3v) is 5.17. The van der Waals surface area contributed by atoms with Gasteiger partial charge in [0.15, 0.2) is 0 Å². The lowest BCUT2D eigenvalue weighted by atomic mass is 9.98. The number of para-hydroxylation sites is 1. The number of H-pyrrole nitrogens is 1. The van der Waals surface area contributed by atoms with Crippen molar-refractivity contribution < 1.29 is 0 Å². The van der Waals surface area contributed by atoms with Gasteiger partial charge in [-0.25, -0.2) is 0 Å². The third-order valence-electron chi connectivity index (χ3n) is 5.17. The van der Waals surface area contributed by atoms with Gasteiger partial charge >= 0.3 is 0 Å². The maximum atomic E-state index is 4.08. The molecule has 0 unspecified atom stereocenters. The van der Waals surface area contributed by atoms with Crippen LogP contribution in [0.1, 0.15) is 30.4 Å². The van der Waals surface area contributed by atoms with Crippen LogP contribution in [0, 0.1) is 0 Å². The topological polar surface area (TPSA) is 31.9 Å². The number of aryl methyl sites for hydroxylation is 1. The Hall–Kier alpha value is -2.39. The van der Waals surface area contributed by atoms with Crippen molar-refractivity contribution in [3.05, 3.63) is 72.2 Å². The molecular weight excluding hydrogens is 306 g/mol. The van der Waals surface area contributed by atoms with Gasteiger partial charge in [-0.2, -0.15) is 0 Å². The largest absolute Gasteiger partial charge is 0.361 e. The van der Waals surface area contributed by atoms with Gasteiger partial charge in [-0.15, -0.1) is 0 Å². The van der Waals surface area contributed by atoms with Crippen LogP contribution in [0.5, 0.6) is 0 Å². The van der Waals surface area contributed by atoms with E-state index >= 15 is 0 Å². The number of rotatable bonds is 6. The number of aromatic amines is 1. The summed E-state index contributed by atoms with van der Waals surface area (Å²) in [5.74, 6) is 0. The molecule has 2 aromatic heterocycles. The number of hydrogen-bond acceptors (Lipinski definition) is 2. The highest BCUT2D eigenvalue weighted by atomic mass is 15.1. The van der Waals surface area contributed by atoms with Crippen molar-refractivity contribution in [1.82, 2.24) is 14.9 Å². The van der Waals surface area contributed by atoms with Crippen molar-refractivity contribution in [3.63, 3.8) is 0 Å². The Kier molecular flexibility index (Phi) is 4.93. The fourth-order valence-corrected chi connectivity index (χ4v) is 3.71. The maximum absolute atomic E-state index is 4.08. The summed E-state index contributed by atoms with van der Waals surface area (Å²) in [7, 11) is 0. The number of aromatic nitrogens is 2. The van der Waals surface area contributed by atoms with E-state index < -0.39 is 0 Å². The number of benzene rings is 1. The molecule has 0 atom stereocenters. The second-order valence-corrected chi connectivity index (χ2v) is 6.84. The quantitative estimate of drug-likeness (QED) is 0.665. The van der Waals surface area contributed by atoms with Gasteiger partial charge in [-0.1, -0.05) is 24.3 Å². The lowest BCUT2D eigenvalue weighted by molar-refractivity contribution is 0.295. The first-order chi connectivity index (χ1) is 12.4. The Morgan fingerprint density at radius 1 is 1.04 bits per heavy atom. The summed E-state index contributed by atoms with van der Waals surface area (Å²) in [5.41, 5.74) is 5.51. The Bertz CT molecular complexity index is 848. The SMILES string of the molecule is C1=C(c2c[nH]c3ccccc23)CCN(CCCCc2ccncc2)C1. The zero-order chi connectivity index (χ0) is 16.9. The Balaban J connectivity index is 1.29. The molecule has 0 spiro atoms. The van der Waals surface area contributed by atoms with E-state index in [0.29, 0.717) is 0 Å². The Labute approximate surface area is 149 Å².